The Bertz CT molecular complexity index is 452. The van der Waals surface area contributed by atoms with E-state index in [1.54, 1.807) is 4.74 Å². The van der Waals surface area contributed by atoms with Crippen molar-refractivity contribution in [3.05, 3.63) is 0 Å². The molecule has 1 rings (SSSR count). The fourth-order valence-electron chi connectivity index (χ4n) is 2.06. The largest absolute Gasteiger partial charge is 0.433 e. The Morgan fingerprint density at radius 2 is 0.560 bits per heavy atom. The summed E-state index contributed by atoms with van der Waals surface area (Å²) in [5, 5.41) is 0. The van der Waals surface area contributed by atoms with Crippen molar-refractivity contribution in [2.24, 2.45) is 0 Å². The minimum atomic E-state index is -8.03. The van der Waals surface area contributed by atoms with Crippen LogP contribution in [0.3, 0.4) is 0 Å². The molecule has 0 aromatic carbocycles. The Morgan fingerprint density at radius 3 is 0.640 bits per heavy atom. The highest BCUT2D eigenvalue weighted by molar-refractivity contribution is 5.28. The number of rotatable bonds is 0. The van der Waals surface area contributed by atoms with E-state index in [4.69, 9.17) is 0 Å². The second-order valence-electron chi connectivity index (χ2n) is 4.60. The summed E-state index contributed by atoms with van der Waals surface area (Å²) in [5.74, 6) is -16.1. The first-order valence-electron chi connectivity index (χ1n) is 5.18. The van der Waals surface area contributed by atoms with Crippen LogP contribution in [0.4, 0.5) is 70.2 Å². The van der Waals surface area contributed by atoms with Crippen molar-refractivity contribution >= 4 is 0 Å². The summed E-state index contributed by atoms with van der Waals surface area (Å²) in [5.41, 5.74) is -15.6. The quantitative estimate of drug-likeness (QED) is 0.505. The summed E-state index contributed by atoms with van der Waals surface area (Å²) in [6, 6.07) is 0. The maximum absolute atomic E-state index is 13.3. The molecular formula is C8F16O. The molecule has 25 heavy (non-hydrogen) atoms. The van der Waals surface area contributed by atoms with E-state index in [1.807, 2.05) is 0 Å². The van der Waals surface area contributed by atoms with Crippen molar-refractivity contribution in [3.63, 3.8) is 0 Å². The first-order valence-corrected chi connectivity index (χ1v) is 5.18. The van der Waals surface area contributed by atoms with Gasteiger partial charge in [-0.15, -0.1) is 0 Å². The summed E-state index contributed by atoms with van der Waals surface area (Å²) in [4.78, 5) is 0. The van der Waals surface area contributed by atoms with Crippen molar-refractivity contribution in [2.45, 2.75) is 47.8 Å². The average molecular weight is 416 g/mol. The minimum Gasteiger partial charge on any atom is -0.324 e. The fourth-order valence-corrected chi connectivity index (χ4v) is 2.06. The molecule has 0 aromatic rings. The van der Waals surface area contributed by atoms with Crippen molar-refractivity contribution < 1.29 is 75.0 Å². The lowest BCUT2D eigenvalue weighted by Crippen LogP contribution is -2.69. The molecule has 0 bridgehead atoms. The van der Waals surface area contributed by atoms with Crippen LogP contribution in [0, 0.1) is 0 Å². The molecule has 1 fully saturated rings. The van der Waals surface area contributed by atoms with Gasteiger partial charge in [0, 0.05) is 0 Å². The maximum atomic E-state index is 13.3. The lowest BCUT2D eigenvalue weighted by Gasteiger charge is -2.37. The predicted molar refractivity (Wildman–Crippen MR) is 40.7 cm³/mol. The normalized spacial score (nSPS) is 25.9. The molecule has 0 spiro atoms. The van der Waals surface area contributed by atoms with Gasteiger partial charge >= 0.3 is 47.8 Å². The summed E-state index contributed by atoms with van der Waals surface area (Å²) >= 11 is 0. The number of hydrogen-bond donors (Lipinski definition) is 0. The zero-order valence-corrected chi connectivity index (χ0v) is 10.5. The smallest absolute Gasteiger partial charge is 0.324 e. The van der Waals surface area contributed by atoms with E-state index in [0.717, 1.165) is 0 Å². The van der Waals surface area contributed by atoms with Crippen LogP contribution in [-0.4, -0.2) is 47.8 Å². The van der Waals surface area contributed by atoms with Gasteiger partial charge in [0.25, 0.3) is 0 Å². The zero-order valence-electron chi connectivity index (χ0n) is 10.5. The zero-order chi connectivity index (χ0) is 20.7. The third-order valence-electron chi connectivity index (χ3n) is 3.18. The maximum Gasteiger partial charge on any atom is 0.433 e. The molecule has 1 nitrogen and oxygen atoms in total. The SMILES string of the molecule is FC(F)(F)C1(C(F)(F)F)OC(C(F)(F)F)(C(F)(F)F)C(F)(F)C1(F)F. The standard InChI is InChI=1S/C8F16O/c9-3(10)1(5(13,14)15,6(16,17)18)25-2(4(3,11)12,7(19,20)21)8(22,23)24. The molecule has 0 radical (unpaired) electrons. The molecule has 0 N–H and O–H groups in total. The van der Waals surface area contributed by atoms with E-state index in [-0.39, 0.29) is 0 Å². The van der Waals surface area contributed by atoms with Crippen LogP contribution in [0.1, 0.15) is 0 Å². The highest BCUT2D eigenvalue weighted by atomic mass is 19.4. The number of alkyl halides is 16. The summed E-state index contributed by atoms with van der Waals surface area (Å²) in [6.45, 7) is 0. The van der Waals surface area contributed by atoms with E-state index in [0.29, 0.717) is 0 Å². The van der Waals surface area contributed by atoms with Crippen molar-refractivity contribution in [1.29, 1.82) is 0 Å². The molecule has 0 amide bonds. The van der Waals surface area contributed by atoms with E-state index >= 15 is 0 Å². The van der Waals surface area contributed by atoms with E-state index in [1.165, 1.54) is 0 Å². The first-order chi connectivity index (χ1) is 10.5. The third-order valence-corrected chi connectivity index (χ3v) is 3.18. The Hall–Kier alpha value is -1.16. The van der Waals surface area contributed by atoms with Gasteiger partial charge in [0.15, 0.2) is 0 Å². The molecule has 0 unspecified atom stereocenters. The van der Waals surface area contributed by atoms with Gasteiger partial charge in [-0.05, 0) is 0 Å². The highest BCUT2D eigenvalue weighted by Crippen LogP contribution is 2.73. The molecule has 17 heteroatoms. The first kappa shape index (κ1) is 21.9. The minimum absolute atomic E-state index is 1.62. The molecule has 1 aliphatic rings. The van der Waals surface area contributed by atoms with Gasteiger partial charge in [-0.3, -0.25) is 0 Å². The van der Waals surface area contributed by atoms with Crippen LogP contribution >= 0.6 is 0 Å². The summed E-state index contributed by atoms with van der Waals surface area (Å²) < 4.78 is 204. The molecule has 1 aliphatic heterocycles. The molecule has 0 saturated carbocycles. The van der Waals surface area contributed by atoms with Crippen LogP contribution in [0.5, 0.6) is 0 Å². The van der Waals surface area contributed by atoms with E-state index in [9.17, 15) is 70.2 Å². The molecule has 0 atom stereocenters. The Morgan fingerprint density at radius 1 is 0.400 bits per heavy atom. The van der Waals surface area contributed by atoms with Gasteiger partial charge in [-0.2, -0.15) is 70.2 Å². The monoisotopic (exact) mass is 416 g/mol. The van der Waals surface area contributed by atoms with Crippen LogP contribution in [0.2, 0.25) is 0 Å². The average Bonchev–Trinajstić information content (AvgIpc) is 2.36. The lowest BCUT2D eigenvalue weighted by molar-refractivity contribution is -0.460. The van der Waals surface area contributed by atoms with Crippen LogP contribution in [0.15, 0.2) is 0 Å². The van der Waals surface area contributed by atoms with Crippen LogP contribution in [0.25, 0.3) is 0 Å². The summed E-state index contributed by atoms with van der Waals surface area (Å²) in [7, 11) is 0. The van der Waals surface area contributed by atoms with Gasteiger partial charge < -0.3 is 4.74 Å². The molecule has 1 saturated heterocycles. The lowest BCUT2D eigenvalue weighted by atomic mass is 9.85. The van der Waals surface area contributed by atoms with Crippen molar-refractivity contribution in [2.75, 3.05) is 0 Å². The number of ether oxygens (including phenoxy) is 1. The molecule has 0 aliphatic carbocycles. The highest BCUT2D eigenvalue weighted by Gasteiger charge is 3.06. The Labute approximate surface area is 124 Å². The van der Waals surface area contributed by atoms with E-state index < -0.39 is 47.8 Å². The molecular weight excluding hydrogens is 416 g/mol. The van der Waals surface area contributed by atoms with Gasteiger partial charge in [0.05, 0.1) is 0 Å². The van der Waals surface area contributed by atoms with E-state index in [2.05, 4.69) is 0 Å². The van der Waals surface area contributed by atoms with Gasteiger partial charge in [0.1, 0.15) is 0 Å². The number of hydrogen-bond acceptors (Lipinski definition) is 1. The fraction of sp³-hybridized carbons (Fsp3) is 1.00. The third kappa shape index (κ3) is 2.16. The predicted octanol–water partition coefficient (Wildman–Crippen LogP) is 5.01. The Kier molecular flexibility index (Phi) is 4.17. The Balaban J connectivity index is 4.12. The van der Waals surface area contributed by atoms with Crippen LogP contribution < -0.4 is 0 Å². The van der Waals surface area contributed by atoms with Crippen molar-refractivity contribution in [1.82, 2.24) is 0 Å². The van der Waals surface area contributed by atoms with Gasteiger partial charge in [-0.1, -0.05) is 0 Å². The second kappa shape index (κ2) is 4.76. The molecule has 1 heterocycles. The topological polar surface area (TPSA) is 9.23 Å². The summed E-state index contributed by atoms with van der Waals surface area (Å²) in [6.07, 6.45) is -31.3. The van der Waals surface area contributed by atoms with Crippen molar-refractivity contribution in [3.8, 4) is 0 Å². The second-order valence-corrected chi connectivity index (χ2v) is 4.60. The number of halogens is 16. The van der Waals surface area contributed by atoms with Crippen LogP contribution in [-0.2, 0) is 4.74 Å². The molecule has 0 aromatic heterocycles. The van der Waals surface area contributed by atoms with Gasteiger partial charge in [0.2, 0.25) is 0 Å². The molecule has 150 valence electrons. The van der Waals surface area contributed by atoms with Gasteiger partial charge in [-0.25, -0.2) is 0 Å².